The van der Waals surface area contributed by atoms with E-state index in [2.05, 4.69) is 41.8 Å². The molecule has 2 aromatic rings. The van der Waals surface area contributed by atoms with Crippen LogP contribution in [0.3, 0.4) is 0 Å². The second-order valence-electron chi connectivity index (χ2n) is 2.88. The Kier molecular flexibility index (Phi) is 3.78. The molecule has 0 atom stereocenters. The number of hydrogen-bond donors (Lipinski definition) is 0. The predicted molar refractivity (Wildman–Crippen MR) is 69.0 cm³/mol. The third kappa shape index (κ3) is 2.93. The van der Waals surface area contributed by atoms with Gasteiger partial charge in [0.2, 0.25) is 5.88 Å². The molecule has 0 saturated heterocycles. The van der Waals surface area contributed by atoms with Crippen molar-refractivity contribution in [1.82, 2.24) is 9.97 Å². The van der Waals surface area contributed by atoms with Gasteiger partial charge in [0.1, 0.15) is 5.75 Å². The second kappa shape index (κ2) is 5.12. The van der Waals surface area contributed by atoms with E-state index in [1.165, 1.54) is 0 Å². The lowest BCUT2D eigenvalue weighted by atomic mass is 10.4. The van der Waals surface area contributed by atoms with Crippen molar-refractivity contribution >= 4 is 43.5 Å². The highest BCUT2D eigenvalue weighted by Gasteiger charge is 2.05. The monoisotopic (exact) mass is 362 g/mol. The summed E-state index contributed by atoms with van der Waals surface area (Å²) in [5.41, 5.74) is 0. The molecule has 0 aliphatic carbocycles. The molecule has 2 rings (SSSR count). The van der Waals surface area contributed by atoms with E-state index in [0.29, 0.717) is 16.7 Å². The van der Waals surface area contributed by atoms with Gasteiger partial charge in [-0.05, 0) is 37.9 Å². The minimum absolute atomic E-state index is 0.465. The first-order valence-corrected chi connectivity index (χ1v) is 6.21. The SMILES string of the molecule is Clc1cncc(Oc2ncc(Br)cc2Br)c1. The Hall–Kier alpha value is -0.650. The lowest BCUT2D eigenvalue weighted by Gasteiger charge is -2.06. The van der Waals surface area contributed by atoms with Crippen LogP contribution in [-0.4, -0.2) is 9.97 Å². The first-order valence-electron chi connectivity index (χ1n) is 4.24. The molecular formula is C10H5Br2ClN2O. The molecule has 0 spiro atoms. The summed E-state index contributed by atoms with van der Waals surface area (Å²) in [6, 6.07) is 3.52. The molecule has 0 N–H and O–H groups in total. The Bertz CT molecular complexity index is 522. The zero-order chi connectivity index (χ0) is 11.5. The Balaban J connectivity index is 2.27. The second-order valence-corrected chi connectivity index (χ2v) is 5.09. The highest BCUT2D eigenvalue weighted by molar-refractivity contribution is 9.11. The zero-order valence-corrected chi connectivity index (χ0v) is 11.8. The third-order valence-electron chi connectivity index (χ3n) is 1.67. The quantitative estimate of drug-likeness (QED) is 0.790. The normalized spacial score (nSPS) is 10.2. The van der Waals surface area contributed by atoms with Crippen LogP contribution in [0.1, 0.15) is 0 Å². The Morgan fingerprint density at radius 1 is 1.12 bits per heavy atom. The van der Waals surface area contributed by atoms with Crippen LogP contribution in [0.15, 0.2) is 39.7 Å². The Labute approximate surface area is 114 Å². The predicted octanol–water partition coefficient (Wildman–Crippen LogP) is 4.45. The molecular weight excluding hydrogens is 359 g/mol. The standard InChI is InChI=1S/C10H5Br2ClN2O/c11-6-1-9(12)10(15-3-6)16-8-2-7(13)4-14-5-8/h1-5H. The number of rotatable bonds is 2. The molecule has 2 heterocycles. The van der Waals surface area contributed by atoms with Gasteiger partial charge in [0.25, 0.3) is 0 Å². The number of pyridine rings is 2. The van der Waals surface area contributed by atoms with Crippen LogP contribution in [0.2, 0.25) is 5.02 Å². The minimum atomic E-state index is 0.465. The summed E-state index contributed by atoms with van der Waals surface area (Å²) in [7, 11) is 0. The van der Waals surface area contributed by atoms with Crippen molar-refractivity contribution < 1.29 is 4.74 Å². The van der Waals surface area contributed by atoms with Crippen LogP contribution in [0.4, 0.5) is 0 Å². The lowest BCUT2D eigenvalue weighted by Crippen LogP contribution is -1.89. The summed E-state index contributed by atoms with van der Waals surface area (Å²) in [5, 5.41) is 0.519. The van der Waals surface area contributed by atoms with Gasteiger partial charge in [0.05, 0.1) is 15.7 Å². The van der Waals surface area contributed by atoms with Gasteiger partial charge in [-0.15, -0.1) is 0 Å². The molecule has 0 aliphatic heterocycles. The molecule has 0 unspecified atom stereocenters. The fourth-order valence-corrected chi connectivity index (χ4v) is 2.27. The van der Waals surface area contributed by atoms with Crippen LogP contribution in [-0.2, 0) is 0 Å². The van der Waals surface area contributed by atoms with Crippen molar-refractivity contribution in [2.75, 3.05) is 0 Å². The molecule has 6 heteroatoms. The van der Waals surface area contributed by atoms with Gasteiger partial charge in [-0.3, -0.25) is 4.98 Å². The van der Waals surface area contributed by atoms with Gasteiger partial charge < -0.3 is 4.74 Å². The van der Waals surface area contributed by atoms with Gasteiger partial charge in [-0.1, -0.05) is 11.6 Å². The third-order valence-corrected chi connectivity index (χ3v) is 2.88. The summed E-state index contributed by atoms with van der Waals surface area (Å²) < 4.78 is 7.14. The van der Waals surface area contributed by atoms with E-state index in [1.807, 2.05) is 6.07 Å². The fourth-order valence-electron chi connectivity index (χ4n) is 1.04. The Morgan fingerprint density at radius 3 is 2.62 bits per heavy atom. The van der Waals surface area contributed by atoms with Crippen LogP contribution >= 0.6 is 43.5 Å². The van der Waals surface area contributed by atoms with E-state index in [4.69, 9.17) is 16.3 Å². The first kappa shape index (κ1) is 11.8. The van der Waals surface area contributed by atoms with E-state index in [1.54, 1.807) is 24.7 Å². The maximum Gasteiger partial charge on any atom is 0.233 e. The van der Waals surface area contributed by atoms with Gasteiger partial charge in [0.15, 0.2) is 0 Å². The summed E-state index contributed by atoms with van der Waals surface area (Å²) >= 11 is 12.5. The van der Waals surface area contributed by atoms with Crippen molar-refractivity contribution in [2.24, 2.45) is 0 Å². The van der Waals surface area contributed by atoms with E-state index in [-0.39, 0.29) is 0 Å². The van der Waals surface area contributed by atoms with Crippen molar-refractivity contribution in [3.63, 3.8) is 0 Å². The highest BCUT2D eigenvalue weighted by Crippen LogP contribution is 2.29. The van der Waals surface area contributed by atoms with E-state index in [9.17, 15) is 0 Å². The smallest absolute Gasteiger partial charge is 0.233 e. The van der Waals surface area contributed by atoms with Gasteiger partial charge in [-0.25, -0.2) is 4.98 Å². The molecule has 0 aromatic carbocycles. The summed E-state index contributed by atoms with van der Waals surface area (Å²) in [6.45, 7) is 0. The average Bonchev–Trinajstić information content (AvgIpc) is 2.22. The molecule has 0 amide bonds. The summed E-state index contributed by atoms with van der Waals surface area (Å²) in [5.74, 6) is 1.01. The fraction of sp³-hybridized carbons (Fsp3) is 0. The lowest BCUT2D eigenvalue weighted by molar-refractivity contribution is 0.457. The number of hydrogen-bond acceptors (Lipinski definition) is 3. The number of nitrogens with zero attached hydrogens (tertiary/aromatic N) is 2. The van der Waals surface area contributed by atoms with E-state index < -0.39 is 0 Å². The van der Waals surface area contributed by atoms with Crippen molar-refractivity contribution in [3.05, 3.63) is 44.7 Å². The molecule has 0 aliphatic rings. The van der Waals surface area contributed by atoms with Gasteiger partial charge >= 0.3 is 0 Å². The molecule has 0 bridgehead atoms. The molecule has 0 saturated carbocycles. The summed E-state index contributed by atoms with van der Waals surface area (Å²) in [4.78, 5) is 8.03. The maximum absolute atomic E-state index is 5.79. The maximum atomic E-state index is 5.79. The molecule has 3 nitrogen and oxygen atoms in total. The largest absolute Gasteiger partial charge is 0.436 e. The van der Waals surface area contributed by atoms with Crippen molar-refractivity contribution in [2.45, 2.75) is 0 Å². The zero-order valence-electron chi connectivity index (χ0n) is 7.82. The number of aromatic nitrogens is 2. The molecule has 2 aromatic heterocycles. The first-order chi connectivity index (χ1) is 7.65. The number of halogens is 3. The minimum Gasteiger partial charge on any atom is -0.436 e. The van der Waals surface area contributed by atoms with E-state index in [0.717, 1.165) is 8.95 Å². The van der Waals surface area contributed by atoms with Crippen molar-refractivity contribution in [3.8, 4) is 11.6 Å². The topological polar surface area (TPSA) is 35.0 Å². The van der Waals surface area contributed by atoms with Gasteiger partial charge in [-0.2, -0.15) is 0 Å². The summed E-state index contributed by atoms with van der Waals surface area (Å²) in [6.07, 6.45) is 4.76. The molecule has 16 heavy (non-hydrogen) atoms. The molecule has 82 valence electrons. The van der Waals surface area contributed by atoms with E-state index >= 15 is 0 Å². The van der Waals surface area contributed by atoms with Crippen LogP contribution in [0.5, 0.6) is 11.6 Å². The van der Waals surface area contributed by atoms with Gasteiger partial charge in [0, 0.05) is 22.9 Å². The van der Waals surface area contributed by atoms with Crippen LogP contribution < -0.4 is 4.74 Å². The highest BCUT2D eigenvalue weighted by atomic mass is 79.9. The Morgan fingerprint density at radius 2 is 1.94 bits per heavy atom. The van der Waals surface area contributed by atoms with Crippen LogP contribution in [0.25, 0.3) is 0 Å². The molecule has 0 fully saturated rings. The van der Waals surface area contributed by atoms with Crippen molar-refractivity contribution in [1.29, 1.82) is 0 Å². The molecule has 0 radical (unpaired) electrons. The number of ether oxygens (including phenoxy) is 1. The van der Waals surface area contributed by atoms with Crippen LogP contribution in [0, 0.1) is 0 Å². The average molecular weight is 364 g/mol.